The summed E-state index contributed by atoms with van der Waals surface area (Å²) in [6.45, 7) is 10.4. The van der Waals surface area contributed by atoms with Crippen molar-refractivity contribution in [2.75, 3.05) is 18.0 Å². The zero-order valence-electron chi connectivity index (χ0n) is 16.3. The van der Waals surface area contributed by atoms with Crippen LogP contribution in [0.1, 0.15) is 52.0 Å². The van der Waals surface area contributed by atoms with E-state index in [-0.39, 0.29) is 6.10 Å². The summed E-state index contributed by atoms with van der Waals surface area (Å²) in [4.78, 5) is 11.6. The van der Waals surface area contributed by atoms with E-state index in [9.17, 15) is 0 Å². The number of rotatable bonds is 5. The molecule has 1 aromatic heterocycles. The van der Waals surface area contributed by atoms with Gasteiger partial charge in [-0.05, 0) is 62.4 Å². The third kappa shape index (κ3) is 4.33. The van der Waals surface area contributed by atoms with Gasteiger partial charge in [-0.3, -0.25) is 0 Å². The number of anilines is 1. The van der Waals surface area contributed by atoms with Crippen LogP contribution in [-0.2, 0) is 0 Å². The van der Waals surface area contributed by atoms with Crippen LogP contribution in [0.3, 0.4) is 0 Å². The second-order valence-electron chi connectivity index (χ2n) is 7.64. The Labute approximate surface area is 156 Å². The maximum Gasteiger partial charge on any atom is 0.161 e. The van der Waals surface area contributed by atoms with Gasteiger partial charge in [-0.15, -0.1) is 0 Å². The molecule has 2 heterocycles. The highest BCUT2D eigenvalue weighted by Crippen LogP contribution is 2.31. The largest absolute Gasteiger partial charge is 0.491 e. The van der Waals surface area contributed by atoms with Crippen molar-refractivity contribution in [3.8, 4) is 17.1 Å². The third-order valence-corrected chi connectivity index (χ3v) is 4.76. The van der Waals surface area contributed by atoms with Gasteiger partial charge in [0.1, 0.15) is 11.6 Å². The van der Waals surface area contributed by atoms with Crippen LogP contribution >= 0.6 is 0 Å². The summed E-state index contributed by atoms with van der Waals surface area (Å²) in [7, 11) is 0. The smallest absolute Gasteiger partial charge is 0.161 e. The number of nitrogens with zero attached hydrogens (tertiary/aromatic N) is 3. The number of aromatic nitrogens is 2. The molecule has 0 radical (unpaired) electrons. The molecule has 1 aromatic carbocycles. The first-order valence-corrected chi connectivity index (χ1v) is 9.58. The van der Waals surface area contributed by atoms with E-state index >= 15 is 0 Å². The molecule has 0 aliphatic carbocycles. The fourth-order valence-corrected chi connectivity index (χ4v) is 3.29. The average molecular weight is 354 g/mol. The number of benzene rings is 1. The van der Waals surface area contributed by atoms with Crippen LogP contribution in [0, 0.1) is 0 Å². The van der Waals surface area contributed by atoms with E-state index < -0.39 is 0 Å². The summed E-state index contributed by atoms with van der Waals surface area (Å²) in [6, 6.07) is 8.55. The molecule has 0 atom stereocenters. The van der Waals surface area contributed by atoms with Crippen molar-refractivity contribution in [3.05, 3.63) is 36.0 Å². The second kappa shape index (κ2) is 8.04. The van der Waals surface area contributed by atoms with Crippen LogP contribution in [0.5, 0.6) is 5.75 Å². The molecule has 1 fully saturated rings. The van der Waals surface area contributed by atoms with Gasteiger partial charge in [0.05, 0.1) is 6.10 Å². The van der Waals surface area contributed by atoms with Crippen molar-refractivity contribution >= 4 is 5.82 Å². The van der Waals surface area contributed by atoms with E-state index in [1.165, 1.54) is 5.56 Å². The van der Waals surface area contributed by atoms with Gasteiger partial charge in [-0.2, -0.15) is 0 Å². The lowest BCUT2D eigenvalue weighted by Gasteiger charge is -2.31. The third-order valence-electron chi connectivity index (χ3n) is 4.76. The van der Waals surface area contributed by atoms with Gasteiger partial charge in [0.15, 0.2) is 5.82 Å². The maximum absolute atomic E-state index is 6.02. The van der Waals surface area contributed by atoms with Gasteiger partial charge in [-0.25, -0.2) is 9.97 Å². The minimum atomic E-state index is 0.156. The summed E-state index contributed by atoms with van der Waals surface area (Å²) >= 11 is 0. The van der Waals surface area contributed by atoms with Gasteiger partial charge in [0.2, 0.25) is 0 Å². The molecule has 1 saturated heterocycles. The van der Waals surface area contributed by atoms with Crippen molar-refractivity contribution in [1.82, 2.24) is 9.97 Å². The quantitative estimate of drug-likeness (QED) is 0.880. The number of hydrogen-bond donors (Lipinski definition) is 1. The molecule has 0 bridgehead atoms. The Bertz CT molecular complexity index is 737. The van der Waals surface area contributed by atoms with Crippen LogP contribution in [0.15, 0.2) is 30.5 Å². The summed E-state index contributed by atoms with van der Waals surface area (Å²) in [5.41, 5.74) is 8.24. The zero-order valence-corrected chi connectivity index (χ0v) is 16.3. The van der Waals surface area contributed by atoms with Gasteiger partial charge in [-0.1, -0.05) is 13.8 Å². The predicted octanol–water partition coefficient (Wildman–Crippen LogP) is 3.98. The molecule has 1 aliphatic rings. The lowest BCUT2D eigenvalue weighted by atomic mass is 9.99. The standard InChI is InChI=1S/C21H30N4O/c1-14(2)18-13-16(5-6-19(18)26-15(3)4)21-23-10-7-20(24-21)25-11-8-17(22)9-12-25/h5-7,10,13-15,17H,8-9,11-12,22H2,1-4H3. The number of piperidine rings is 1. The summed E-state index contributed by atoms with van der Waals surface area (Å²) in [5, 5.41) is 0. The van der Waals surface area contributed by atoms with Gasteiger partial charge in [0.25, 0.3) is 0 Å². The van der Waals surface area contributed by atoms with E-state index in [1.807, 2.05) is 18.3 Å². The van der Waals surface area contributed by atoms with E-state index in [0.717, 1.165) is 48.9 Å². The summed E-state index contributed by atoms with van der Waals surface area (Å²) < 4.78 is 5.97. The molecule has 1 aliphatic heterocycles. The molecule has 0 amide bonds. The van der Waals surface area contributed by atoms with Crippen LogP contribution in [0.2, 0.25) is 0 Å². The average Bonchev–Trinajstić information content (AvgIpc) is 2.62. The molecule has 140 valence electrons. The van der Waals surface area contributed by atoms with Gasteiger partial charge < -0.3 is 15.4 Å². The molecular formula is C21H30N4O. The van der Waals surface area contributed by atoms with Crippen LogP contribution in [-0.4, -0.2) is 35.2 Å². The second-order valence-corrected chi connectivity index (χ2v) is 7.64. The lowest BCUT2D eigenvalue weighted by Crippen LogP contribution is -2.40. The zero-order chi connectivity index (χ0) is 18.7. The molecular weight excluding hydrogens is 324 g/mol. The molecule has 0 unspecified atom stereocenters. The fourth-order valence-electron chi connectivity index (χ4n) is 3.29. The molecule has 3 rings (SSSR count). The van der Waals surface area contributed by atoms with Gasteiger partial charge >= 0.3 is 0 Å². The maximum atomic E-state index is 6.02. The Kier molecular flexibility index (Phi) is 5.77. The highest BCUT2D eigenvalue weighted by atomic mass is 16.5. The highest BCUT2D eigenvalue weighted by molar-refractivity contribution is 5.61. The minimum Gasteiger partial charge on any atom is -0.491 e. The normalized spacial score (nSPS) is 15.7. The molecule has 0 spiro atoms. The lowest BCUT2D eigenvalue weighted by molar-refractivity contribution is 0.239. The first-order chi connectivity index (χ1) is 12.4. The van der Waals surface area contributed by atoms with Crippen molar-refractivity contribution in [2.45, 2.75) is 58.6 Å². The van der Waals surface area contributed by atoms with Crippen molar-refractivity contribution in [3.63, 3.8) is 0 Å². The minimum absolute atomic E-state index is 0.156. The molecule has 2 N–H and O–H groups in total. The van der Waals surface area contributed by atoms with E-state index in [1.54, 1.807) is 0 Å². The van der Waals surface area contributed by atoms with Crippen molar-refractivity contribution < 1.29 is 4.74 Å². The van der Waals surface area contributed by atoms with Crippen LogP contribution in [0.25, 0.3) is 11.4 Å². The van der Waals surface area contributed by atoms with Gasteiger partial charge in [0, 0.05) is 30.9 Å². The number of hydrogen-bond acceptors (Lipinski definition) is 5. The summed E-state index contributed by atoms with van der Waals surface area (Å²) in [5.74, 6) is 3.06. The topological polar surface area (TPSA) is 64.3 Å². The molecule has 2 aromatic rings. The van der Waals surface area contributed by atoms with Crippen molar-refractivity contribution in [2.24, 2.45) is 5.73 Å². The Hall–Kier alpha value is -2.14. The molecule has 0 saturated carbocycles. The predicted molar refractivity (Wildman–Crippen MR) is 107 cm³/mol. The Balaban J connectivity index is 1.89. The Morgan fingerprint density at radius 2 is 1.85 bits per heavy atom. The molecule has 5 heteroatoms. The SMILES string of the molecule is CC(C)Oc1ccc(-c2nccc(N3CCC(N)CC3)n2)cc1C(C)C. The van der Waals surface area contributed by atoms with E-state index in [2.05, 4.69) is 49.7 Å². The highest BCUT2D eigenvalue weighted by Gasteiger charge is 2.18. The van der Waals surface area contributed by atoms with Crippen LogP contribution < -0.4 is 15.4 Å². The molecule has 5 nitrogen and oxygen atoms in total. The Morgan fingerprint density at radius 1 is 1.12 bits per heavy atom. The van der Waals surface area contributed by atoms with Crippen LogP contribution in [0.4, 0.5) is 5.82 Å². The first kappa shape index (κ1) is 18.6. The monoisotopic (exact) mass is 354 g/mol. The number of nitrogens with two attached hydrogens (primary N) is 1. The molecule has 26 heavy (non-hydrogen) atoms. The summed E-state index contributed by atoms with van der Waals surface area (Å²) in [6.07, 6.45) is 4.03. The first-order valence-electron chi connectivity index (χ1n) is 9.58. The van der Waals surface area contributed by atoms with E-state index in [4.69, 9.17) is 15.5 Å². The van der Waals surface area contributed by atoms with Crippen molar-refractivity contribution in [1.29, 1.82) is 0 Å². The van der Waals surface area contributed by atoms with E-state index in [0.29, 0.717) is 12.0 Å². The Morgan fingerprint density at radius 3 is 2.50 bits per heavy atom. The number of ether oxygens (including phenoxy) is 1. The fraction of sp³-hybridized carbons (Fsp3) is 0.524.